The quantitative estimate of drug-likeness (QED) is 0.901. The van der Waals surface area contributed by atoms with Crippen molar-refractivity contribution in [3.05, 3.63) is 35.4 Å². The van der Waals surface area contributed by atoms with Gasteiger partial charge in [-0.2, -0.15) is 0 Å². The molecule has 0 atom stereocenters. The van der Waals surface area contributed by atoms with Gasteiger partial charge in [0, 0.05) is 37.8 Å². The summed E-state index contributed by atoms with van der Waals surface area (Å²) in [5.41, 5.74) is 0.123. The van der Waals surface area contributed by atoms with E-state index in [2.05, 4.69) is 5.32 Å². The predicted octanol–water partition coefficient (Wildman–Crippen LogP) is 2.37. The first-order valence-corrected chi connectivity index (χ1v) is 8.34. The molecule has 1 saturated heterocycles. The van der Waals surface area contributed by atoms with Crippen LogP contribution in [0.3, 0.4) is 0 Å². The molecule has 1 heterocycles. The summed E-state index contributed by atoms with van der Waals surface area (Å²) in [6.07, 6.45) is 4.36. The van der Waals surface area contributed by atoms with Gasteiger partial charge in [-0.15, -0.1) is 0 Å². The number of halogens is 2. The lowest BCUT2D eigenvalue weighted by Gasteiger charge is -2.35. The summed E-state index contributed by atoms with van der Waals surface area (Å²) in [5.74, 6) is -2.35. The topological polar surface area (TPSA) is 52.7 Å². The Balaban J connectivity index is 1.53. The second kappa shape index (κ2) is 7.15. The van der Waals surface area contributed by atoms with Gasteiger partial charge in [0.2, 0.25) is 0 Å². The Bertz CT molecular complexity index is 624. The number of nitrogens with zero attached hydrogens (tertiary/aromatic N) is 2. The molecule has 3 rings (SSSR count). The van der Waals surface area contributed by atoms with Crippen LogP contribution in [0, 0.1) is 11.6 Å². The van der Waals surface area contributed by atoms with Crippen molar-refractivity contribution in [3.8, 4) is 0 Å². The minimum Gasteiger partial charge on any atom is -0.335 e. The fourth-order valence-corrected chi connectivity index (χ4v) is 3.26. The number of carbonyl (C=O) groups excluding carboxylic acids is 2. The van der Waals surface area contributed by atoms with Crippen LogP contribution in [-0.4, -0.2) is 54.0 Å². The number of benzene rings is 1. The normalized spacial score (nSPS) is 18.8. The average molecular weight is 337 g/mol. The number of urea groups is 1. The second-order valence-corrected chi connectivity index (χ2v) is 6.34. The number of carbonyl (C=O) groups is 2. The smallest absolute Gasteiger partial charge is 0.317 e. The van der Waals surface area contributed by atoms with Gasteiger partial charge in [0.25, 0.3) is 5.91 Å². The molecule has 24 heavy (non-hydrogen) atoms. The van der Waals surface area contributed by atoms with Crippen LogP contribution in [0.25, 0.3) is 0 Å². The zero-order valence-electron chi connectivity index (χ0n) is 13.4. The summed E-state index contributed by atoms with van der Waals surface area (Å²) < 4.78 is 26.2. The second-order valence-electron chi connectivity index (χ2n) is 6.34. The minimum absolute atomic E-state index is 0.0816. The van der Waals surface area contributed by atoms with E-state index in [0.717, 1.165) is 37.8 Å². The van der Waals surface area contributed by atoms with E-state index >= 15 is 0 Å². The highest BCUT2D eigenvalue weighted by Gasteiger charge is 2.27. The molecule has 1 aromatic rings. The van der Waals surface area contributed by atoms with E-state index in [1.165, 1.54) is 6.07 Å². The van der Waals surface area contributed by atoms with Gasteiger partial charge in [0.05, 0.1) is 0 Å². The number of hydrogen-bond donors (Lipinski definition) is 1. The molecule has 130 valence electrons. The fourth-order valence-electron chi connectivity index (χ4n) is 3.26. The van der Waals surface area contributed by atoms with Gasteiger partial charge < -0.3 is 15.1 Å². The average Bonchev–Trinajstić information content (AvgIpc) is 3.10. The lowest BCUT2D eigenvalue weighted by molar-refractivity contribution is 0.0663. The third-order valence-electron chi connectivity index (χ3n) is 4.70. The Labute approximate surface area is 139 Å². The largest absolute Gasteiger partial charge is 0.335 e. The maximum absolute atomic E-state index is 13.3. The van der Waals surface area contributed by atoms with Gasteiger partial charge in [-0.25, -0.2) is 13.6 Å². The number of piperazine rings is 1. The highest BCUT2D eigenvalue weighted by molar-refractivity contribution is 5.94. The van der Waals surface area contributed by atoms with Crippen molar-refractivity contribution in [1.29, 1.82) is 0 Å². The van der Waals surface area contributed by atoms with Crippen molar-refractivity contribution < 1.29 is 18.4 Å². The van der Waals surface area contributed by atoms with Crippen LogP contribution in [0.2, 0.25) is 0 Å². The molecule has 2 aliphatic rings. The standard InChI is InChI=1S/C17H21F2N3O2/c18-14-6-5-12(11-15(14)19)16(23)21-7-9-22(10-8-21)17(24)20-13-3-1-2-4-13/h5-6,11,13H,1-4,7-10H2,(H,20,24). The van der Waals surface area contributed by atoms with Crippen molar-refractivity contribution in [2.45, 2.75) is 31.7 Å². The van der Waals surface area contributed by atoms with Crippen LogP contribution in [0.5, 0.6) is 0 Å². The highest BCUT2D eigenvalue weighted by Crippen LogP contribution is 2.18. The molecule has 1 aromatic carbocycles. The van der Waals surface area contributed by atoms with Crippen molar-refractivity contribution in [2.24, 2.45) is 0 Å². The van der Waals surface area contributed by atoms with Crippen LogP contribution in [-0.2, 0) is 0 Å². The van der Waals surface area contributed by atoms with E-state index in [9.17, 15) is 18.4 Å². The Morgan fingerprint density at radius 1 is 0.958 bits per heavy atom. The summed E-state index contributed by atoms with van der Waals surface area (Å²) >= 11 is 0. The molecule has 0 bridgehead atoms. The molecular formula is C17H21F2N3O2. The van der Waals surface area contributed by atoms with Crippen LogP contribution in [0.1, 0.15) is 36.0 Å². The minimum atomic E-state index is -1.03. The number of amides is 3. The molecule has 1 N–H and O–H groups in total. The van der Waals surface area contributed by atoms with E-state index in [1.807, 2.05) is 0 Å². The molecule has 1 saturated carbocycles. The summed E-state index contributed by atoms with van der Waals surface area (Å²) in [5, 5.41) is 3.03. The lowest BCUT2D eigenvalue weighted by Crippen LogP contribution is -2.54. The molecule has 7 heteroatoms. The lowest BCUT2D eigenvalue weighted by atomic mass is 10.1. The van der Waals surface area contributed by atoms with Gasteiger partial charge in [-0.05, 0) is 31.0 Å². The summed E-state index contributed by atoms with van der Waals surface area (Å²) in [6, 6.07) is 3.33. The Morgan fingerprint density at radius 2 is 1.58 bits per heavy atom. The summed E-state index contributed by atoms with van der Waals surface area (Å²) in [7, 11) is 0. The first-order valence-electron chi connectivity index (χ1n) is 8.34. The maximum atomic E-state index is 13.3. The number of rotatable bonds is 2. The highest BCUT2D eigenvalue weighted by atomic mass is 19.2. The van der Waals surface area contributed by atoms with E-state index in [-0.39, 0.29) is 23.5 Å². The molecular weight excluding hydrogens is 316 g/mol. The van der Waals surface area contributed by atoms with E-state index in [1.54, 1.807) is 9.80 Å². The van der Waals surface area contributed by atoms with Crippen molar-refractivity contribution in [1.82, 2.24) is 15.1 Å². The molecule has 0 spiro atoms. The van der Waals surface area contributed by atoms with E-state index in [0.29, 0.717) is 26.2 Å². The van der Waals surface area contributed by atoms with E-state index in [4.69, 9.17) is 0 Å². The van der Waals surface area contributed by atoms with Crippen LogP contribution in [0.4, 0.5) is 13.6 Å². The Hall–Kier alpha value is -2.18. The van der Waals surface area contributed by atoms with Crippen LogP contribution >= 0.6 is 0 Å². The predicted molar refractivity (Wildman–Crippen MR) is 84.6 cm³/mol. The SMILES string of the molecule is O=C(NC1CCCC1)N1CCN(C(=O)c2ccc(F)c(F)c2)CC1. The third-order valence-corrected chi connectivity index (χ3v) is 4.70. The van der Waals surface area contributed by atoms with Crippen LogP contribution < -0.4 is 5.32 Å². The third kappa shape index (κ3) is 3.66. The van der Waals surface area contributed by atoms with Crippen molar-refractivity contribution in [3.63, 3.8) is 0 Å². The number of hydrogen-bond acceptors (Lipinski definition) is 2. The van der Waals surface area contributed by atoms with Gasteiger partial charge >= 0.3 is 6.03 Å². The number of nitrogens with one attached hydrogen (secondary N) is 1. The van der Waals surface area contributed by atoms with Gasteiger partial charge in [-0.3, -0.25) is 4.79 Å². The molecule has 1 aliphatic carbocycles. The molecule has 0 aromatic heterocycles. The first kappa shape index (κ1) is 16.7. The van der Waals surface area contributed by atoms with Crippen molar-refractivity contribution >= 4 is 11.9 Å². The zero-order chi connectivity index (χ0) is 17.1. The monoisotopic (exact) mass is 337 g/mol. The molecule has 5 nitrogen and oxygen atoms in total. The molecule has 2 fully saturated rings. The Kier molecular flexibility index (Phi) is 4.97. The maximum Gasteiger partial charge on any atom is 0.317 e. The Morgan fingerprint density at radius 3 is 2.21 bits per heavy atom. The van der Waals surface area contributed by atoms with E-state index < -0.39 is 11.6 Å². The molecule has 3 amide bonds. The van der Waals surface area contributed by atoms with Gasteiger partial charge in [0.1, 0.15) is 0 Å². The summed E-state index contributed by atoms with van der Waals surface area (Å²) in [4.78, 5) is 27.8. The van der Waals surface area contributed by atoms with Gasteiger partial charge in [-0.1, -0.05) is 12.8 Å². The fraction of sp³-hybridized carbons (Fsp3) is 0.529. The van der Waals surface area contributed by atoms with Crippen molar-refractivity contribution in [2.75, 3.05) is 26.2 Å². The zero-order valence-corrected chi connectivity index (χ0v) is 13.4. The molecule has 0 unspecified atom stereocenters. The van der Waals surface area contributed by atoms with Gasteiger partial charge in [0.15, 0.2) is 11.6 Å². The van der Waals surface area contributed by atoms with Crippen LogP contribution in [0.15, 0.2) is 18.2 Å². The molecule has 1 aliphatic heterocycles. The summed E-state index contributed by atoms with van der Waals surface area (Å²) in [6.45, 7) is 1.65. The first-order chi connectivity index (χ1) is 11.5. The molecule has 0 radical (unpaired) electrons.